The highest BCUT2D eigenvalue weighted by molar-refractivity contribution is 5.90. The number of hydrogen-bond acceptors (Lipinski definition) is 4. The summed E-state index contributed by atoms with van der Waals surface area (Å²) in [5.41, 5.74) is 1.10. The second-order valence-electron chi connectivity index (χ2n) is 7.41. The fourth-order valence-corrected chi connectivity index (χ4v) is 4.84. The first-order valence-corrected chi connectivity index (χ1v) is 9.09. The summed E-state index contributed by atoms with van der Waals surface area (Å²) >= 11 is 0. The molecule has 0 N–H and O–H groups in total. The predicted octanol–water partition coefficient (Wildman–Crippen LogP) is 1.31. The summed E-state index contributed by atoms with van der Waals surface area (Å²) in [7, 11) is 0. The maximum Gasteiger partial charge on any atom is 0.230 e. The zero-order valence-corrected chi connectivity index (χ0v) is 14.5. The van der Waals surface area contributed by atoms with Crippen LogP contribution in [0.3, 0.4) is 0 Å². The number of likely N-dealkylation sites (tertiary alicyclic amines) is 1. The monoisotopic (exact) mass is 360 g/mol. The van der Waals surface area contributed by atoms with Gasteiger partial charge < -0.3 is 19.5 Å². The first-order chi connectivity index (χ1) is 13.1. The van der Waals surface area contributed by atoms with E-state index in [0.717, 1.165) is 11.1 Å². The highest BCUT2D eigenvalue weighted by Gasteiger charge is 2.66. The minimum Gasteiger partial charge on any atom is -0.550 e. The second kappa shape index (κ2) is 5.79. The Kier molecular flexibility index (Phi) is 3.49. The van der Waals surface area contributed by atoms with Crippen LogP contribution in [0.5, 0.6) is 0 Å². The summed E-state index contributed by atoms with van der Waals surface area (Å²) in [6.45, 7) is 0.335. The third-order valence-corrected chi connectivity index (χ3v) is 5.94. The van der Waals surface area contributed by atoms with E-state index in [-0.39, 0.29) is 11.9 Å². The lowest BCUT2D eigenvalue weighted by molar-refractivity contribution is -0.313. The van der Waals surface area contributed by atoms with Gasteiger partial charge in [0.1, 0.15) is 5.60 Å². The normalized spacial score (nSPS) is 30.9. The Labute approximate surface area is 156 Å². The lowest BCUT2D eigenvalue weighted by Gasteiger charge is -2.31. The number of carboxylic acid groups (broad SMARTS) is 1. The molecule has 0 aromatic heterocycles. The molecule has 2 bridgehead atoms. The van der Waals surface area contributed by atoms with Gasteiger partial charge in [-0.3, -0.25) is 4.79 Å². The summed E-state index contributed by atoms with van der Waals surface area (Å²) in [5.74, 6) is -3.07. The second-order valence-corrected chi connectivity index (χ2v) is 7.41. The summed E-state index contributed by atoms with van der Waals surface area (Å²) in [4.78, 5) is 26.9. The zero-order chi connectivity index (χ0) is 18.6. The maximum atomic E-state index is 13.4. The van der Waals surface area contributed by atoms with E-state index in [1.165, 1.54) is 0 Å². The Morgan fingerprint density at radius 2 is 1.67 bits per heavy atom. The molecule has 136 valence electrons. The number of carbonyl (C=O) groups is 2. The van der Waals surface area contributed by atoms with Crippen molar-refractivity contribution < 1.29 is 19.4 Å². The van der Waals surface area contributed by atoms with E-state index >= 15 is 0 Å². The van der Waals surface area contributed by atoms with Crippen LogP contribution in [0, 0.1) is 11.8 Å². The van der Waals surface area contributed by atoms with Crippen LogP contribution < -0.4 is 5.11 Å². The quantitative estimate of drug-likeness (QED) is 0.771. The number of nitrogens with zero attached hydrogens (tertiary/aromatic N) is 1. The average Bonchev–Trinajstić information content (AvgIpc) is 3.32. The molecule has 0 unspecified atom stereocenters. The molecular formula is C22H18NO4-. The van der Waals surface area contributed by atoms with Crippen LogP contribution in [-0.2, 0) is 14.3 Å². The Bertz CT molecular complexity index is 886. The topological polar surface area (TPSA) is 69.7 Å². The molecule has 1 amide bonds. The molecule has 3 aliphatic heterocycles. The standard InChI is InChI=1S/C22H19NO4/c24-20-18-17(21(25)26)16-11-12-22(18,27-16)13-23(20)19(14-7-3-1-4-8-14)15-9-5-2-6-10-15/h1-12,16-19H,13H2,(H,25,26)/p-1/t16-,17+,18+,22-/m0/s1. The minimum absolute atomic E-state index is 0.186. The Hall–Kier alpha value is -2.92. The molecule has 0 aliphatic carbocycles. The lowest BCUT2D eigenvalue weighted by Crippen LogP contribution is -2.45. The average molecular weight is 360 g/mol. The fraction of sp³-hybridized carbons (Fsp3) is 0.273. The van der Waals surface area contributed by atoms with Gasteiger partial charge in [0.05, 0.1) is 24.6 Å². The molecule has 5 rings (SSSR count). The third-order valence-electron chi connectivity index (χ3n) is 5.94. The number of carboxylic acids is 1. The molecule has 2 aromatic carbocycles. The highest BCUT2D eigenvalue weighted by Crippen LogP contribution is 2.53. The molecule has 5 heteroatoms. The van der Waals surface area contributed by atoms with E-state index in [9.17, 15) is 14.7 Å². The fourth-order valence-electron chi connectivity index (χ4n) is 4.84. The van der Waals surface area contributed by atoms with Gasteiger partial charge in [-0.2, -0.15) is 0 Å². The first-order valence-electron chi connectivity index (χ1n) is 9.09. The molecule has 2 fully saturated rings. The van der Waals surface area contributed by atoms with Crippen molar-refractivity contribution in [3.8, 4) is 0 Å². The van der Waals surface area contributed by atoms with Crippen molar-refractivity contribution >= 4 is 11.9 Å². The summed E-state index contributed by atoms with van der Waals surface area (Å²) < 4.78 is 5.99. The van der Waals surface area contributed by atoms with E-state index < -0.39 is 29.5 Å². The van der Waals surface area contributed by atoms with Crippen molar-refractivity contribution in [2.24, 2.45) is 11.8 Å². The molecule has 5 nitrogen and oxygen atoms in total. The van der Waals surface area contributed by atoms with Crippen molar-refractivity contribution in [2.45, 2.75) is 17.7 Å². The SMILES string of the molecule is O=C([O-])[C@@H]1[C@@H]2C=C[C@@]3(CN(C(c4ccccc4)c4ccccc4)C(=O)[C@@H]13)O2. The van der Waals surface area contributed by atoms with Gasteiger partial charge in [-0.15, -0.1) is 0 Å². The number of amides is 1. The van der Waals surface area contributed by atoms with Gasteiger partial charge in [0.25, 0.3) is 0 Å². The van der Waals surface area contributed by atoms with E-state index in [1.54, 1.807) is 11.0 Å². The number of hydrogen-bond donors (Lipinski definition) is 0. The van der Waals surface area contributed by atoms with Gasteiger partial charge in [-0.05, 0) is 11.1 Å². The van der Waals surface area contributed by atoms with Crippen LogP contribution in [0.2, 0.25) is 0 Å². The van der Waals surface area contributed by atoms with Gasteiger partial charge in [0, 0.05) is 11.9 Å². The van der Waals surface area contributed by atoms with Crippen LogP contribution in [-0.4, -0.2) is 35.0 Å². The summed E-state index contributed by atoms with van der Waals surface area (Å²) in [6.07, 6.45) is 3.05. The third kappa shape index (κ3) is 2.28. The first kappa shape index (κ1) is 16.3. The highest BCUT2D eigenvalue weighted by atomic mass is 16.5. The number of benzene rings is 2. The predicted molar refractivity (Wildman–Crippen MR) is 95.2 cm³/mol. The van der Waals surface area contributed by atoms with E-state index in [1.807, 2.05) is 66.7 Å². The van der Waals surface area contributed by atoms with Gasteiger partial charge in [0.15, 0.2) is 0 Å². The van der Waals surface area contributed by atoms with Crippen LogP contribution in [0.1, 0.15) is 17.2 Å². The van der Waals surface area contributed by atoms with Gasteiger partial charge in [-0.25, -0.2) is 0 Å². The van der Waals surface area contributed by atoms with Gasteiger partial charge >= 0.3 is 0 Å². The molecule has 0 radical (unpaired) electrons. The minimum atomic E-state index is -1.22. The molecule has 2 saturated heterocycles. The molecule has 2 aromatic rings. The Morgan fingerprint density at radius 3 is 2.22 bits per heavy atom. The maximum absolute atomic E-state index is 13.4. The Balaban J connectivity index is 1.59. The Morgan fingerprint density at radius 1 is 1.07 bits per heavy atom. The van der Waals surface area contributed by atoms with Gasteiger partial charge in [0.2, 0.25) is 5.91 Å². The van der Waals surface area contributed by atoms with E-state index in [4.69, 9.17) is 4.74 Å². The van der Waals surface area contributed by atoms with Crippen LogP contribution in [0.4, 0.5) is 0 Å². The van der Waals surface area contributed by atoms with Crippen molar-refractivity contribution in [1.29, 1.82) is 0 Å². The molecule has 1 spiro atoms. The molecular weight excluding hydrogens is 342 g/mol. The summed E-state index contributed by atoms with van der Waals surface area (Å²) in [5, 5.41) is 11.7. The van der Waals surface area contributed by atoms with Crippen molar-refractivity contribution in [2.75, 3.05) is 6.54 Å². The van der Waals surface area contributed by atoms with Gasteiger partial charge in [-0.1, -0.05) is 72.8 Å². The molecule has 3 aliphatic rings. The van der Waals surface area contributed by atoms with Crippen LogP contribution in [0.15, 0.2) is 72.8 Å². The van der Waals surface area contributed by atoms with E-state index in [0.29, 0.717) is 6.54 Å². The lowest BCUT2D eigenvalue weighted by atomic mass is 9.77. The van der Waals surface area contributed by atoms with Crippen molar-refractivity contribution in [3.63, 3.8) is 0 Å². The summed E-state index contributed by atoms with van der Waals surface area (Å²) in [6, 6.07) is 19.3. The van der Waals surface area contributed by atoms with Crippen molar-refractivity contribution in [1.82, 2.24) is 4.90 Å². The number of aliphatic carboxylic acids is 1. The zero-order valence-electron chi connectivity index (χ0n) is 14.5. The molecule has 27 heavy (non-hydrogen) atoms. The smallest absolute Gasteiger partial charge is 0.230 e. The molecule has 3 heterocycles. The number of ether oxygens (including phenoxy) is 1. The van der Waals surface area contributed by atoms with Crippen LogP contribution in [0.25, 0.3) is 0 Å². The van der Waals surface area contributed by atoms with Crippen LogP contribution >= 0.6 is 0 Å². The number of fused-ring (bicyclic) bond motifs is 1. The largest absolute Gasteiger partial charge is 0.550 e. The number of rotatable bonds is 4. The molecule has 0 saturated carbocycles. The van der Waals surface area contributed by atoms with Crippen molar-refractivity contribution in [3.05, 3.63) is 83.9 Å². The number of carbonyl (C=O) groups excluding carboxylic acids is 2. The molecule has 4 atom stereocenters. The van der Waals surface area contributed by atoms with E-state index in [2.05, 4.69) is 0 Å².